The fourth-order valence-corrected chi connectivity index (χ4v) is 1.03. The third kappa shape index (κ3) is 0.823. The molecule has 0 radical (unpaired) electrons. The van der Waals surface area contributed by atoms with Gasteiger partial charge in [0.25, 0.3) is 0 Å². The summed E-state index contributed by atoms with van der Waals surface area (Å²) < 4.78 is 0. The van der Waals surface area contributed by atoms with Gasteiger partial charge in [-0.3, -0.25) is 0 Å². The third-order valence-corrected chi connectivity index (χ3v) is 1.72. The van der Waals surface area contributed by atoms with Gasteiger partial charge in [0.1, 0.15) is 5.84 Å². The number of nitrogens with two attached hydrogens (primary N) is 1. The van der Waals surface area contributed by atoms with E-state index in [4.69, 9.17) is 5.73 Å². The molecule has 2 rings (SSSR count). The average molecular weight is 123 g/mol. The minimum absolute atomic E-state index is 0.678. The second-order valence-electron chi connectivity index (χ2n) is 2.63. The number of nitrogens with zero attached hydrogens (tertiary/aromatic N) is 2. The molecule has 1 saturated carbocycles. The maximum atomic E-state index is 5.43. The molecular formula is C6H9N3. The van der Waals surface area contributed by atoms with Crippen LogP contribution < -0.4 is 5.73 Å². The zero-order valence-electron chi connectivity index (χ0n) is 5.17. The highest BCUT2D eigenvalue weighted by Crippen LogP contribution is 2.32. The molecule has 1 aliphatic carbocycles. The van der Waals surface area contributed by atoms with Crippen LogP contribution in [-0.4, -0.2) is 11.5 Å². The van der Waals surface area contributed by atoms with Crippen molar-refractivity contribution in [2.75, 3.05) is 0 Å². The van der Waals surface area contributed by atoms with Crippen LogP contribution in [-0.2, 0) is 0 Å². The van der Waals surface area contributed by atoms with E-state index in [1.54, 1.807) is 0 Å². The lowest BCUT2D eigenvalue weighted by atomic mass is 10.2. The predicted molar refractivity (Wildman–Crippen MR) is 36.4 cm³/mol. The molecule has 48 valence electrons. The second kappa shape index (κ2) is 1.56. The van der Waals surface area contributed by atoms with Crippen LogP contribution in [0.4, 0.5) is 0 Å². The van der Waals surface area contributed by atoms with Crippen molar-refractivity contribution >= 4 is 11.5 Å². The van der Waals surface area contributed by atoms with Gasteiger partial charge in [-0.2, -0.15) is 5.10 Å². The van der Waals surface area contributed by atoms with E-state index >= 15 is 0 Å². The van der Waals surface area contributed by atoms with E-state index in [0.717, 1.165) is 12.3 Å². The van der Waals surface area contributed by atoms with Crippen LogP contribution in [0.25, 0.3) is 0 Å². The van der Waals surface area contributed by atoms with Crippen LogP contribution in [0.3, 0.4) is 0 Å². The first kappa shape index (κ1) is 4.97. The Labute approximate surface area is 53.7 Å². The van der Waals surface area contributed by atoms with Crippen LogP contribution in [0.5, 0.6) is 0 Å². The summed E-state index contributed by atoms with van der Waals surface area (Å²) in [6.07, 6.45) is 3.41. The standard InChI is InChI=1S/C6H9N3/c7-6-3-5(8-9-6)4-1-2-4/h4H,1-3H2,(H2,7,9). The molecule has 3 heteroatoms. The van der Waals surface area contributed by atoms with E-state index in [2.05, 4.69) is 10.2 Å². The minimum atomic E-state index is 0.678. The zero-order valence-corrected chi connectivity index (χ0v) is 5.17. The highest BCUT2D eigenvalue weighted by molar-refractivity contribution is 6.07. The summed E-state index contributed by atoms with van der Waals surface area (Å²) in [5.74, 6) is 1.41. The third-order valence-electron chi connectivity index (χ3n) is 1.72. The Morgan fingerprint density at radius 2 is 2.11 bits per heavy atom. The molecule has 0 atom stereocenters. The minimum Gasteiger partial charge on any atom is -0.385 e. The molecule has 0 bridgehead atoms. The quantitative estimate of drug-likeness (QED) is 0.542. The lowest BCUT2D eigenvalue weighted by molar-refractivity contribution is 1.13. The molecule has 2 aliphatic rings. The number of hydrogen-bond acceptors (Lipinski definition) is 3. The lowest BCUT2D eigenvalue weighted by Crippen LogP contribution is -2.12. The Kier molecular flexibility index (Phi) is 0.860. The Morgan fingerprint density at radius 3 is 2.56 bits per heavy atom. The van der Waals surface area contributed by atoms with Gasteiger partial charge in [0, 0.05) is 6.42 Å². The molecule has 0 aromatic rings. The van der Waals surface area contributed by atoms with E-state index in [9.17, 15) is 0 Å². The van der Waals surface area contributed by atoms with Crippen LogP contribution >= 0.6 is 0 Å². The molecule has 0 amide bonds. The first-order valence-electron chi connectivity index (χ1n) is 3.25. The number of hydrogen-bond donors (Lipinski definition) is 1. The fraction of sp³-hybridized carbons (Fsp3) is 0.667. The summed E-state index contributed by atoms with van der Waals surface area (Å²) in [6.45, 7) is 0. The molecule has 9 heavy (non-hydrogen) atoms. The van der Waals surface area contributed by atoms with Crippen LogP contribution in [0.2, 0.25) is 0 Å². The monoisotopic (exact) mass is 123 g/mol. The zero-order chi connectivity index (χ0) is 6.27. The van der Waals surface area contributed by atoms with Crippen molar-refractivity contribution in [2.24, 2.45) is 21.9 Å². The van der Waals surface area contributed by atoms with Crippen molar-refractivity contribution in [3.63, 3.8) is 0 Å². The summed E-state index contributed by atoms with van der Waals surface area (Å²) in [5.41, 5.74) is 6.63. The highest BCUT2D eigenvalue weighted by Gasteiger charge is 2.29. The van der Waals surface area contributed by atoms with Gasteiger partial charge < -0.3 is 5.73 Å². The van der Waals surface area contributed by atoms with Gasteiger partial charge >= 0.3 is 0 Å². The molecule has 0 spiro atoms. The predicted octanol–water partition coefficient (Wildman–Crippen LogP) is 0.513. The Morgan fingerprint density at radius 1 is 1.33 bits per heavy atom. The van der Waals surface area contributed by atoms with Gasteiger partial charge in [0.15, 0.2) is 0 Å². The highest BCUT2D eigenvalue weighted by atomic mass is 15.3. The summed E-state index contributed by atoms with van der Waals surface area (Å²) in [6, 6.07) is 0. The molecule has 1 aliphatic heterocycles. The maximum absolute atomic E-state index is 5.43. The summed E-state index contributed by atoms with van der Waals surface area (Å²) in [4.78, 5) is 0. The van der Waals surface area contributed by atoms with Crippen LogP contribution in [0, 0.1) is 5.92 Å². The van der Waals surface area contributed by atoms with E-state index < -0.39 is 0 Å². The van der Waals surface area contributed by atoms with Gasteiger partial charge in [0.2, 0.25) is 0 Å². The van der Waals surface area contributed by atoms with Crippen molar-refractivity contribution < 1.29 is 0 Å². The van der Waals surface area contributed by atoms with Crippen LogP contribution in [0.15, 0.2) is 10.2 Å². The summed E-state index contributed by atoms with van der Waals surface area (Å²) >= 11 is 0. The van der Waals surface area contributed by atoms with Gasteiger partial charge in [-0.1, -0.05) is 0 Å². The smallest absolute Gasteiger partial charge is 0.128 e. The first-order valence-corrected chi connectivity index (χ1v) is 3.25. The number of rotatable bonds is 1. The van der Waals surface area contributed by atoms with Crippen molar-refractivity contribution in [2.45, 2.75) is 19.3 Å². The molecule has 0 saturated heterocycles. The largest absolute Gasteiger partial charge is 0.385 e. The molecule has 2 N–H and O–H groups in total. The van der Waals surface area contributed by atoms with Gasteiger partial charge in [-0.05, 0) is 18.8 Å². The van der Waals surface area contributed by atoms with Gasteiger partial charge in [-0.25, -0.2) is 0 Å². The molecule has 1 fully saturated rings. The Bertz CT molecular complexity index is 188. The van der Waals surface area contributed by atoms with E-state index in [1.807, 2.05) is 0 Å². The topological polar surface area (TPSA) is 50.7 Å². The average Bonchev–Trinajstić information content (AvgIpc) is 2.58. The van der Waals surface area contributed by atoms with E-state index in [0.29, 0.717) is 5.84 Å². The molecule has 0 aromatic heterocycles. The lowest BCUT2D eigenvalue weighted by Gasteiger charge is -1.90. The van der Waals surface area contributed by atoms with Crippen molar-refractivity contribution in [1.82, 2.24) is 0 Å². The van der Waals surface area contributed by atoms with Crippen molar-refractivity contribution in [3.8, 4) is 0 Å². The molecule has 3 nitrogen and oxygen atoms in total. The van der Waals surface area contributed by atoms with Gasteiger partial charge in [-0.15, -0.1) is 5.10 Å². The Hall–Kier alpha value is -0.860. The van der Waals surface area contributed by atoms with E-state index in [1.165, 1.54) is 18.6 Å². The maximum Gasteiger partial charge on any atom is 0.128 e. The molecular weight excluding hydrogens is 114 g/mol. The Balaban J connectivity index is 2.04. The number of amidine groups is 1. The van der Waals surface area contributed by atoms with Crippen molar-refractivity contribution in [1.29, 1.82) is 0 Å². The second-order valence-corrected chi connectivity index (χ2v) is 2.63. The van der Waals surface area contributed by atoms with E-state index in [-0.39, 0.29) is 0 Å². The van der Waals surface area contributed by atoms with Crippen molar-refractivity contribution in [3.05, 3.63) is 0 Å². The fourth-order valence-electron chi connectivity index (χ4n) is 1.03. The van der Waals surface area contributed by atoms with Crippen LogP contribution in [0.1, 0.15) is 19.3 Å². The normalized spacial score (nSPS) is 25.8. The SMILES string of the molecule is NC1=NN=C(C2CC2)C1. The molecule has 0 unspecified atom stereocenters. The first-order chi connectivity index (χ1) is 4.36. The van der Waals surface area contributed by atoms with Gasteiger partial charge in [0.05, 0.1) is 5.71 Å². The molecule has 1 heterocycles. The molecule has 0 aromatic carbocycles. The summed E-state index contributed by atoms with van der Waals surface area (Å²) in [5, 5.41) is 7.72. The summed E-state index contributed by atoms with van der Waals surface area (Å²) in [7, 11) is 0.